The Hall–Kier alpha value is -2.07. The molecule has 0 saturated carbocycles. The summed E-state index contributed by atoms with van der Waals surface area (Å²) in [6.45, 7) is 5.19. The van der Waals surface area contributed by atoms with Crippen LogP contribution >= 0.6 is 0 Å². The van der Waals surface area contributed by atoms with E-state index in [4.69, 9.17) is 25.0 Å². The van der Waals surface area contributed by atoms with Gasteiger partial charge < -0.3 is 25.4 Å². The maximum absolute atomic E-state index is 12.9. The van der Waals surface area contributed by atoms with Crippen LogP contribution in [0.25, 0.3) is 0 Å². The van der Waals surface area contributed by atoms with Crippen molar-refractivity contribution in [3.63, 3.8) is 0 Å². The summed E-state index contributed by atoms with van der Waals surface area (Å²) in [6, 6.07) is 0.00839. The Kier molecular flexibility index (Phi) is 21.2. The fourth-order valence-electron chi connectivity index (χ4n) is 5.20. The van der Waals surface area contributed by atoms with Crippen molar-refractivity contribution in [2.45, 2.75) is 148 Å². The number of hydrogen-bond donors (Lipinski definition) is 2. The Labute approximate surface area is 242 Å². The monoisotopic (exact) mass is 571 g/mol. The molecule has 1 aliphatic heterocycles. The van der Waals surface area contributed by atoms with Crippen LogP contribution in [-0.4, -0.2) is 68.0 Å². The quantitative estimate of drug-likeness (QED) is 0.0825. The maximum atomic E-state index is 12.9. The number of likely N-dealkylation sites (tertiary alicyclic amines) is 1. The Morgan fingerprint density at radius 2 is 1.38 bits per heavy atom. The molecule has 40 heavy (non-hydrogen) atoms. The summed E-state index contributed by atoms with van der Waals surface area (Å²) < 4.78 is 10.4. The molecule has 234 valence electrons. The van der Waals surface area contributed by atoms with Crippen molar-refractivity contribution in [2.24, 2.45) is 5.73 Å². The van der Waals surface area contributed by atoms with Gasteiger partial charge in [-0.1, -0.05) is 97.3 Å². The highest BCUT2D eigenvalue weighted by molar-refractivity contribution is 5.84. The number of nitrogens with one attached hydrogen (secondary N) is 1. The minimum absolute atomic E-state index is 0.00839. The van der Waals surface area contributed by atoms with E-state index >= 15 is 0 Å². The standard InChI is InChI=1S/C30H57N3O7/c1-4-6-7-8-9-10-11-12-13-14-15-17-21-25(20-5-2)32-30(36)40-38-24-26(37-3)27(39-29(31)35)28(34)33-22-18-16-19-23-33/h25-27H,4-24H2,1-3H3,(H2,31,35)(H,32,36). The van der Waals surface area contributed by atoms with Gasteiger partial charge in [-0.3, -0.25) is 9.68 Å². The molecule has 0 bridgehead atoms. The van der Waals surface area contributed by atoms with E-state index in [0.717, 1.165) is 51.4 Å². The summed E-state index contributed by atoms with van der Waals surface area (Å²) in [5.74, 6) is -0.399. The van der Waals surface area contributed by atoms with Gasteiger partial charge in [0.2, 0.25) is 6.10 Å². The lowest BCUT2D eigenvalue weighted by molar-refractivity contribution is -0.260. The number of ether oxygens (including phenoxy) is 2. The molecule has 10 heteroatoms. The Morgan fingerprint density at radius 3 is 1.90 bits per heavy atom. The van der Waals surface area contributed by atoms with Gasteiger partial charge in [0.15, 0.2) is 0 Å². The Balaban J connectivity index is 2.32. The average Bonchev–Trinajstić information content (AvgIpc) is 2.95. The molecule has 0 aromatic heterocycles. The molecule has 0 spiro atoms. The first-order valence-corrected chi connectivity index (χ1v) is 15.8. The number of methoxy groups -OCH3 is 1. The van der Waals surface area contributed by atoms with E-state index in [9.17, 15) is 14.4 Å². The van der Waals surface area contributed by atoms with Crippen LogP contribution in [0.1, 0.15) is 129 Å². The van der Waals surface area contributed by atoms with Crippen molar-refractivity contribution < 1.29 is 33.6 Å². The average molecular weight is 572 g/mol. The molecular weight excluding hydrogens is 514 g/mol. The first-order chi connectivity index (χ1) is 19.4. The van der Waals surface area contributed by atoms with Gasteiger partial charge in [0.1, 0.15) is 12.7 Å². The molecule has 1 aliphatic rings. The molecule has 1 fully saturated rings. The second kappa shape index (κ2) is 23.6. The summed E-state index contributed by atoms with van der Waals surface area (Å²) in [7, 11) is 1.36. The molecule has 0 radical (unpaired) electrons. The zero-order chi connectivity index (χ0) is 29.4. The summed E-state index contributed by atoms with van der Waals surface area (Å²) in [5, 5.41) is 2.88. The number of nitrogens with zero attached hydrogens (tertiary/aromatic N) is 1. The zero-order valence-electron chi connectivity index (χ0n) is 25.5. The van der Waals surface area contributed by atoms with Gasteiger partial charge in [-0.15, -0.1) is 0 Å². The molecular formula is C30H57N3O7. The van der Waals surface area contributed by atoms with Crippen molar-refractivity contribution in [3.8, 4) is 0 Å². The van der Waals surface area contributed by atoms with E-state index < -0.39 is 30.3 Å². The Bertz CT molecular complexity index is 674. The van der Waals surface area contributed by atoms with E-state index in [1.54, 1.807) is 4.90 Å². The number of carbonyl (C=O) groups excluding carboxylic acids is 3. The first-order valence-electron chi connectivity index (χ1n) is 15.8. The minimum atomic E-state index is -1.29. The second-order valence-electron chi connectivity index (χ2n) is 11.0. The topological polar surface area (TPSA) is 129 Å². The molecule has 0 aromatic carbocycles. The van der Waals surface area contributed by atoms with Crippen LogP contribution in [-0.2, 0) is 24.0 Å². The smallest absolute Gasteiger partial charge is 0.433 e. The van der Waals surface area contributed by atoms with Gasteiger partial charge >= 0.3 is 12.2 Å². The van der Waals surface area contributed by atoms with Gasteiger partial charge in [0.05, 0.1) is 0 Å². The van der Waals surface area contributed by atoms with E-state index in [2.05, 4.69) is 19.2 Å². The highest BCUT2D eigenvalue weighted by atomic mass is 17.2. The number of rotatable bonds is 23. The van der Waals surface area contributed by atoms with Gasteiger partial charge in [-0.25, -0.2) is 9.59 Å². The number of unbranched alkanes of at least 4 members (excludes halogenated alkanes) is 11. The van der Waals surface area contributed by atoms with Crippen LogP contribution in [0.3, 0.4) is 0 Å². The number of nitrogens with two attached hydrogens (primary N) is 1. The predicted octanol–water partition coefficient (Wildman–Crippen LogP) is 6.40. The summed E-state index contributed by atoms with van der Waals surface area (Å²) in [6.07, 6.45) is 17.0. The van der Waals surface area contributed by atoms with Gasteiger partial charge in [0, 0.05) is 26.2 Å². The molecule has 1 heterocycles. The zero-order valence-corrected chi connectivity index (χ0v) is 25.5. The largest absolute Gasteiger partial charge is 0.438 e. The van der Waals surface area contributed by atoms with E-state index in [0.29, 0.717) is 13.1 Å². The second-order valence-corrected chi connectivity index (χ2v) is 11.0. The fourth-order valence-corrected chi connectivity index (χ4v) is 5.20. The Morgan fingerprint density at radius 1 is 0.800 bits per heavy atom. The summed E-state index contributed by atoms with van der Waals surface area (Å²) in [5.41, 5.74) is 5.19. The van der Waals surface area contributed by atoms with Gasteiger partial charge in [-0.2, -0.15) is 4.89 Å². The lowest BCUT2D eigenvalue weighted by Gasteiger charge is -2.32. The number of hydrogen-bond acceptors (Lipinski definition) is 7. The first kappa shape index (κ1) is 36.0. The molecule has 3 amide bonds. The number of carbonyl (C=O) groups is 3. The minimum Gasteiger partial charge on any atom is -0.433 e. The van der Waals surface area contributed by atoms with E-state index in [-0.39, 0.29) is 12.6 Å². The third-order valence-electron chi connectivity index (χ3n) is 7.53. The van der Waals surface area contributed by atoms with Gasteiger partial charge in [-0.05, 0) is 32.1 Å². The molecule has 3 N–H and O–H groups in total. The normalized spacial score (nSPS) is 15.7. The van der Waals surface area contributed by atoms with Crippen molar-refractivity contribution in [1.82, 2.24) is 10.2 Å². The SMILES string of the molecule is CCCCCCCCCCCCCCC(CCC)NC(=O)OOCC(OC)C(OC(N)=O)C(=O)N1CCCCC1. The van der Waals surface area contributed by atoms with Crippen molar-refractivity contribution in [3.05, 3.63) is 0 Å². The van der Waals surface area contributed by atoms with Crippen LogP contribution in [0.2, 0.25) is 0 Å². The third kappa shape index (κ3) is 16.9. The summed E-state index contributed by atoms with van der Waals surface area (Å²) >= 11 is 0. The molecule has 10 nitrogen and oxygen atoms in total. The highest BCUT2D eigenvalue weighted by Gasteiger charge is 2.36. The number of piperidine rings is 1. The van der Waals surface area contributed by atoms with Crippen LogP contribution < -0.4 is 11.1 Å². The third-order valence-corrected chi connectivity index (χ3v) is 7.53. The fraction of sp³-hybridized carbons (Fsp3) is 0.900. The highest BCUT2D eigenvalue weighted by Crippen LogP contribution is 2.16. The molecule has 3 atom stereocenters. The lowest BCUT2D eigenvalue weighted by atomic mass is 10.0. The predicted molar refractivity (Wildman–Crippen MR) is 156 cm³/mol. The lowest BCUT2D eigenvalue weighted by Crippen LogP contribution is -2.51. The van der Waals surface area contributed by atoms with Crippen LogP contribution in [0.4, 0.5) is 9.59 Å². The van der Waals surface area contributed by atoms with Crippen LogP contribution in [0.5, 0.6) is 0 Å². The van der Waals surface area contributed by atoms with E-state index in [1.807, 2.05) is 0 Å². The number of primary amides is 1. The van der Waals surface area contributed by atoms with Crippen LogP contribution in [0.15, 0.2) is 0 Å². The van der Waals surface area contributed by atoms with Crippen molar-refractivity contribution in [1.29, 1.82) is 0 Å². The molecule has 0 aliphatic carbocycles. The molecule has 1 rings (SSSR count). The summed E-state index contributed by atoms with van der Waals surface area (Å²) in [4.78, 5) is 48.4. The van der Waals surface area contributed by atoms with Crippen molar-refractivity contribution in [2.75, 3.05) is 26.8 Å². The maximum Gasteiger partial charge on any atom is 0.438 e. The molecule has 0 aromatic rings. The van der Waals surface area contributed by atoms with Gasteiger partial charge in [0.25, 0.3) is 5.91 Å². The molecule has 1 saturated heterocycles. The van der Waals surface area contributed by atoms with Crippen LogP contribution in [0, 0.1) is 0 Å². The van der Waals surface area contributed by atoms with Crippen molar-refractivity contribution >= 4 is 18.1 Å². The molecule has 3 unspecified atom stereocenters. The number of amides is 3. The van der Waals surface area contributed by atoms with E-state index in [1.165, 1.54) is 71.3 Å².